The number of hydrogen-bond acceptors (Lipinski definition) is 4. The summed E-state index contributed by atoms with van der Waals surface area (Å²) in [7, 11) is 0. The predicted molar refractivity (Wildman–Crippen MR) is 57.3 cm³/mol. The van der Waals surface area contributed by atoms with Gasteiger partial charge in [0.1, 0.15) is 5.82 Å². The van der Waals surface area contributed by atoms with E-state index in [-0.39, 0.29) is 25.5 Å². The molecule has 4 N–H and O–H groups in total. The van der Waals surface area contributed by atoms with E-state index in [1.54, 1.807) is 0 Å². The lowest BCUT2D eigenvalue weighted by Crippen LogP contribution is -2.32. The molecule has 0 amide bonds. The van der Waals surface area contributed by atoms with E-state index >= 15 is 0 Å². The summed E-state index contributed by atoms with van der Waals surface area (Å²) in [5, 5.41) is 30.1. The van der Waals surface area contributed by atoms with Crippen molar-refractivity contribution < 1.29 is 19.7 Å². The molecule has 0 aliphatic heterocycles. The van der Waals surface area contributed by atoms with E-state index in [0.717, 1.165) is 0 Å². The van der Waals surface area contributed by atoms with Crippen LogP contribution in [0.5, 0.6) is 0 Å². The Morgan fingerprint density at radius 1 is 1.12 bits per heavy atom. The van der Waals surface area contributed by atoms with Gasteiger partial charge < -0.3 is 20.6 Å². The lowest BCUT2D eigenvalue weighted by atomic mass is 10.1. The molecule has 0 heterocycles. The summed E-state index contributed by atoms with van der Waals surface area (Å²) in [6.45, 7) is 0.122. The van der Waals surface area contributed by atoms with Gasteiger partial charge in [-0.3, -0.25) is 0 Å². The second kappa shape index (κ2) is 6.55. The zero-order valence-corrected chi connectivity index (χ0v) is 8.81. The fraction of sp³-hybridized carbons (Fsp3) is 0.455. The minimum atomic E-state index is -0.833. The second-order valence-corrected chi connectivity index (χ2v) is 3.56. The van der Waals surface area contributed by atoms with E-state index in [4.69, 9.17) is 10.2 Å². The van der Waals surface area contributed by atoms with Gasteiger partial charge in [0.15, 0.2) is 0 Å². The summed E-state index contributed by atoms with van der Waals surface area (Å²) in [5.74, 6) is -0.348. The Morgan fingerprint density at radius 2 is 1.75 bits per heavy atom. The Bertz CT molecular complexity index is 305. The number of nitrogens with one attached hydrogen (secondary N) is 1. The average Bonchev–Trinajstić information content (AvgIpc) is 2.29. The Labute approximate surface area is 93.4 Å². The maximum atomic E-state index is 12.6. The molecule has 0 saturated carbocycles. The fourth-order valence-corrected chi connectivity index (χ4v) is 1.25. The van der Waals surface area contributed by atoms with Crippen molar-refractivity contribution in [2.45, 2.75) is 12.2 Å². The number of rotatable bonds is 6. The summed E-state index contributed by atoms with van der Waals surface area (Å²) < 4.78 is 12.6. The zero-order chi connectivity index (χ0) is 12.0. The Hall–Kier alpha value is -1.01. The Balaban J connectivity index is 2.35. The Morgan fingerprint density at radius 3 is 2.31 bits per heavy atom. The van der Waals surface area contributed by atoms with Crippen LogP contribution >= 0.6 is 0 Å². The van der Waals surface area contributed by atoms with Crippen molar-refractivity contribution in [2.75, 3.05) is 19.7 Å². The van der Waals surface area contributed by atoms with Crippen molar-refractivity contribution in [2.24, 2.45) is 0 Å². The van der Waals surface area contributed by atoms with Crippen molar-refractivity contribution in [3.05, 3.63) is 35.6 Å². The van der Waals surface area contributed by atoms with Gasteiger partial charge in [0.2, 0.25) is 0 Å². The summed E-state index contributed by atoms with van der Waals surface area (Å²) in [5.41, 5.74) is 0.604. The number of benzene rings is 1. The molecule has 16 heavy (non-hydrogen) atoms. The van der Waals surface area contributed by atoms with E-state index in [1.165, 1.54) is 24.3 Å². The molecule has 0 spiro atoms. The number of aliphatic hydroxyl groups is 3. The van der Waals surface area contributed by atoms with Crippen LogP contribution in [0.2, 0.25) is 0 Å². The molecule has 4 nitrogen and oxygen atoms in total. The van der Waals surface area contributed by atoms with Gasteiger partial charge >= 0.3 is 0 Å². The first-order valence-corrected chi connectivity index (χ1v) is 5.06. The quantitative estimate of drug-likeness (QED) is 0.545. The molecular formula is C11H16FNO3. The van der Waals surface area contributed by atoms with Gasteiger partial charge in [-0.15, -0.1) is 0 Å². The molecule has 5 heteroatoms. The normalized spacial score (nSPS) is 14.8. The van der Waals surface area contributed by atoms with Crippen molar-refractivity contribution >= 4 is 0 Å². The first-order valence-electron chi connectivity index (χ1n) is 5.06. The van der Waals surface area contributed by atoms with Crippen molar-refractivity contribution in [1.29, 1.82) is 0 Å². The van der Waals surface area contributed by atoms with Crippen LogP contribution in [0.1, 0.15) is 11.7 Å². The molecule has 2 atom stereocenters. The third-order valence-electron chi connectivity index (χ3n) is 2.18. The average molecular weight is 229 g/mol. The van der Waals surface area contributed by atoms with E-state index < -0.39 is 12.2 Å². The minimum absolute atomic E-state index is 0.203. The van der Waals surface area contributed by atoms with Crippen LogP contribution in [-0.4, -0.2) is 41.1 Å². The molecule has 1 aromatic carbocycles. The molecule has 1 aromatic rings. The predicted octanol–water partition coefficient (Wildman–Crippen LogP) is -0.198. The number of halogens is 1. The first-order chi connectivity index (χ1) is 7.63. The van der Waals surface area contributed by atoms with Gasteiger partial charge in [-0.1, -0.05) is 12.1 Å². The van der Waals surface area contributed by atoms with Crippen molar-refractivity contribution in [1.82, 2.24) is 5.32 Å². The van der Waals surface area contributed by atoms with E-state index in [0.29, 0.717) is 5.56 Å². The molecule has 0 aromatic heterocycles. The van der Waals surface area contributed by atoms with Crippen LogP contribution in [0.25, 0.3) is 0 Å². The molecular weight excluding hydrogens is 213 g/mol. The second-order valence-electron chi connectivity index (χ2n) is 3.56. The lowest BCUT2D eigenvalue weighted by Gasteiger charge is -2.13. The molecule has 2 unspecified atom stereocenters. The highest BCUT2D eigenvalue weighted by molar-refractivity contribution is 5.18. The molecule has 90 valence electrons. The third kappa shape index (κ3) is 4.24. The standard InChI is InChI=1S/C11H16FNO3/c12-9-3-1-8(2-4-9)11(16)6-13-5-10(15)7-14/h1-4,10-11,13-16H,5-7H2. The summed E-state index contributed by atoms with van der Waals surface area (Å²) in [6, 6.07) is 5.57. The highest BCUT2D eigenvalue weighted by Crippen LogP contribution is 2.12. The van der Waals surface area contributed by atoms with E-state index in [9.17, 15) is 9.50 Å². The van der Waals surface area contributed by atoms with Gasteiger partial charge in [0.05, 0.1) is 18.8 Å². The van der Waals surface area contributed by atoms with E-state index in [2.05, 4.69) is 5.32 Å². The highest BCUT2D eigenvalue weighted by atomic mass is 19.1. The van der Waals surface area contributed by atoms with Crippen LogP contribution in [0.4, 0.5) is 4.39 Å². The monoisotopic (exact) mass is 229 g/mol. The molecule has 0 bridgehead atoms. The summed E-state index contributed by atoms with van der Waals surface area (Å²) >= 11 is 0. The van der Waals surface area contributed by atoms with Gasteiger partial charge in [0, 0.05) is 13.1 Å². The van der Waals surface area contributed by atoms with E-state index in [1.807, 2.05) is 0 Å². The number of hydrogen-bond donors (Lipinski definition) is 4. The van der Waals surface area contributed by atoms with Crippen LogP contribution < -0.4 is 5.32 Å². The minimum Gasteiger partial charge on any atom is -0.394 e. The largest absolute Gasteiger partial charge is 0.394 e. The van der Waals surface area contributed by atoms with Crippen molar-refractivity contribution in [3.8, 4) is 0 Å². The topological polar surface area (TPSA) is 72.7 Å². The molecule has 0 saturated heterocycles. The maximum absolute atomic E-state index is 12.6. The maximum Gasteiger partial charge on any atom is 0.123 e. The molecule has 0 aliphatic carbocycles. The first kappa shape index (κ1) is 13.1. The lowest BCUT2D eigenvalue weighted by molar-refractivity contribution is 0.0891. The summed E-state index contributed by atoms with van der Waals surface area (Å²) in [6.07, 6.45) is -1.59. The number of aliphatic hydroxyl groups excluding tert-OH is 3. The van der Waals surface area contributed by atoms with Crippen molar-refractivity contribution in [3.63, 3.8) is 0 Å². The van der Waals surface area contributed by atoms with Gasteiger partial charge in [-0.2, -0.15) is 0 Å². The van der Waals surface area contributed by atoms with Gasteiger partial charge in [-0.05, 0) is 17.7 Å². The molecule has 0 radical (unpaired) electrons. The highest BCUT2D eigenvalue weighted by Gasteiger charge is 2.08. The third-order valence-corrected chi connectivity index (χ3v) is 2.18. The van der Waals surface area contributed by atoms with Crippen LogP contribution in [0.3, 0.4) is 0 Å². The van der Waals surface area contributed by atoms with Gasteiger partial charge in [-0.25, -0.2) is 4.39 Å². The smallest absolute Gasteiger partial charge is 0.123 e. The van der Waals surface area contributed by atoms with Crippen LogP contribution in [0, 0.1) is 5.82 Å². The summed E-state index contributed by atoms with van der Waals surface area (Å²) in [4.78, 5) is 0. The van der Waals surface area contributed by atoms with Gasteiger partial charge in [0.25, 0.3) is 0 Å². The Kier molecular flexibility index (Phi) is 5.34. The zero-order valence-electron chi connectivity index (χ0n) is 8.81. The molecule has 1 rings (SSSR count). The van der Waals surface area contributed by atoms with Crippen LogP contribution in [-0.2, 0) is 0 Å². The van der Waals surface area contributed by atoms with Crippen LogP contribution in [0.15, 0.2) is 24.3 Å². The molecule has 0 fully saturated rings. The fourth-order valence-electron chi connectivity index (χ4n) is 1.25. The molecule has 0 aliphatic rings. The SMILES string of the molecule is OCC(O)CNCC(O)c1ccc(F)cc1.